The Morgan fingerprint density at radius 2 is 1.60 bits per heavy atom. The molecule has 1 fully saturated rings. The van der Waals surface area contributed by atoms with E-state index < -0.39 is 0 Å². The summed E-state index contributed by atoms with van der Waals surface area (Å²) in [5, 5.41) is 4.29. The van der Waals surface area contributed by atoms with E-state index in [9.17, 15) is 0 Å². The number of nitrogens with zero attached hydrogens (tertiary/aromatic N) is 3. The van der Waals surface area contributed by atoms with Crippen molar-refractivity contribution in [2.24, 2.45) is 0 Å². The third-order valence-electron chi connectivity index (χ3n) is 8.25. The zero-order chi connectivity index (χ0) is 29.4. The summed E-state index contributed by atoms with van der Waals surface area (Å²) in [4.78, 5) is 6.98. The average Bonchev–Trinajstić information content (AvgIpc) is 3.49. The molecule has 3 aromatic carbocycles. The minimum atomic E-state index is -0.113. The Morgan fingerprint density at radius 1 is 0.857 bits per heavy atom. The lowest BCUT2D eigenvalue weighted by atomic mass is 9.96. The lowest BCUT2D eigenvalue weighted by molar-refractivity contribution is 0.479. The van der Waals surface area contributed by atoms with Gasteiger partial charge in [0.05, 0.1) is 23.5 Å². The van der Waals surface area contributed by atoms with Crippen LogP contribution < -0.4 is 15.0 Å². The molecular formula is C36H36N4OS. The molecule has 42 heavy (non-hydrogen) atoms. The van der Waals surface area contributed by atoms with Crippen molar-refractivity contribution < 1.29 is 4.74 Å². The zero-order valence-electron chi connectivity index (χ0n) is 24.8. The Balaban J connectivity index is 1.44. The first-order chi connectivity index (χ1) is 20.4. The highest BCUT2D eigenvalue weighted by molar-refractivity contribution is 7.80. The number of pyridine rings is 1. The molecule has 212 valence electrons. The Bertz CT molecular complexity index is 1740. The van der Waals surface area contributed by atoms with Gasteiger partial charge in [-0.25, -0.2) is 0 Å². The standard InChI is InChI=1S/C36H36N4OS/c1-6-27-14-11-13-24(3)34(27)39-25(4)22-30(26(39)5)35-33(31-15-9-10-21-37-31)38-36(42)40(35)28-17-19-29(20-18-28)41-32-16-8-7-12-23(32)2/h7-22,33,35H,6H2,1-5H3,(H,38,42)/t33-,35-/m0/s1. The van der Waals surface area contributed by atoms with Gasteiger partial charge in [0.15, 0.2) is 5.11 Å². The van der Waals surface area contributed by atoms with Gasteiger partial charge in [0.25, 0.3) is 0 Å². The summed E-state index contributed by atoms with van der Waals surface area (Å²) in [6, 6.07) is 31.0. The second-order valence-corrected chi connectivity index (χ2v) is 11.3. The number of anilines is 1. The zero-order valence-corrected chi connectivity index (χ0v) is 25.6. The normalized spacial score (nSPS) is 16.5. The number of aryl methyl sites for hydroxylation is 4. The lowest BCUT2D eigenvalue weighted by Crippen LogP contribution is -2.29. The van der Waals surface area contributed by atoms with Crippen molar-refractivity contribution in [3.8, 4) is 17.2 Å². The largest absolute Gasteiger partial charge is 0.457 e. The molecule has 2 aromatic heterocycles. The van der Waals surface area contributed by atoms with Crippen molar-refractivity contribution in [1.82, 2.24) is 14.9 Å². The molecule has 6 heteroatoms. The van der Waals surface area contributed by atoms with Gasteiger partial charge in [-0.3, -0.25) is 4.98 Å². The Labute approximate surface area is 253 Å². The smallest absolute Gasteiger partial charge is 0.174 e. The molecule has 1 aliphatic rings. The fourth-order valence-electron chi connectivity index (χ4n) is 6.18. The van der Waals surface area contributed by atoms with E-state index in [1.54, 1.807) is 0 Å². The van der Waals surface area contributed by atoms with E-state index in [1.807, 2.05) is 48.7 Å². The summed E-state index contributed by atoms with van der Waals surface area (Å²) in [5.41, 5.74) is 10.6. The van der Waals surface area contributed by atoms with Crippen molar-refractivity contribution in [3.63, 3.8) is 0 Å². The number of nitrogens with one attached hydrogen (secondary N) is 1. The quantitative estimate of drug-likeness (QED) is 0.198. The van der Waals surface area contributed by atoms with Crippen LogP contribution in [0, 0.1) is 27.7 Å². The Hall–Kier alpha value is -4.42. The van der Waals surface area contributed by atoms with Gasteiger partial charge in [0.2, 0.25) is 0 Å². The maximum absolute atomic E-state index is 6.20. The minimum Gasteiger partial charge on any atom is -0.457 e. The number of aromatic nitrogens is 2. The van der Waals surface area contributed by atoms with Crippen LogP contribution >= 0.6 is 12.2 Å². The molecule has 5 aromatic rings. The van der Waals surface area contributed by atoms with E-state index >= 15 is 0 Å². The number of ether oxygens (including phenoxy) is 1. The SMILES string of the molecule is CCc1cccc(C)c1-n1c(C)cc([C@H]2[C@H](c3ccccn3)NC(=S)N2c2ccc(Oc3ccccc3C)cc2)c1C. The van der Waals surface area contributed by atoms with Crippen molar-refractivity contribution in [3.05, 3.63) is 137 Å². The summed E-state index contributed by atoms with van der Waals surface area (Å²) in [6.07, 6.45) is 2.82. The first kappa shape index (κ1) is 27.7. The van der Waals surface area contributed by atoms with Gasteiger partial charge in [-0.2, -0.15) is 0 Å². The van der Waals surface area contributed by atoms with Crippen LogP contribution in [0.25, 0.3) is 5.69 Å². The second kappa shape index (κ2) is 11.5. The number of para-hydroxylation sites is 2. The molecule has 0 unspecified atom stereocenters. The summed E-state index contributed by atoms with van der Waals surface area (Å²) in [5.74, 6) is 1.64. The van der Waals surface area contributed by atoms with Gasteiger partial charge in [0.1, 0.15) is 11.5 Å². The number of benzene rings is 3. The van der Waals surface area contributed by atoms with Crippen LogP contribution in [0.5, 0.6) is 11.5 Å². The number of thiocarbonyl (C=S) groups is 1. The van der Waals surface area contributed by atoms with Crippen LogP contribution in [-0.2, 0) is 6.42 Å². The molecule has 2 atom stereocenters. The summed E-state index contributed by atoms with van der Waals surface area (Å²) >= 11 is 6.02. The van der Waals surface area contributed by atoms with Crippen molar-refractivity contribution in [2.75, 3.05) is 4.90 Å². The first-order valence-electron chi connectivity index (χ1n) is 14.5. The molecule has 1 aliphatic heterocycles. The van der Waals surface area contributed by atoms with Gasteiger partial charge in [-0.05, 0) is 117 Å². The predicted molar refractivity (Wildman–Crippen MR) is 175 cm³/mol. The monoisotopic (exact) mass is 572 g/mol. The Morgan fingerprint density at radius 3 is 2.31 bits per heavy atom. The van der Waals surface area contributed by atoms with Crippen LogP contribution in [0.1, 0.15) is 58.3 Å². The molecule has 3 heterocycles. The van der Waals surface area contributed by atoms with Crippen LogP contribution in [0.15, 0.2) is 97.2 Å². The molecule has 1 saturated heterocycles. The third-order valence-corrected chi connectivity index (χ3v) is 8.56. The van der Waals surface area contributed by atoms with E-state index in [4.69, 9.17) is 21.9 Å². The van der Waals surface area contributed by atoms with Crippen LogP contribution in [0.3, 0.4) is 0 Å². The first-order valence-corrected chi connectivity index (χ1v) is 14.9. The minimum absolute atomic E-state index is 0.0930. The number of hydrogen-bond donors (Lipinski definition) is 1. The molecule has 0 amide bonds. The van der Waals surface area contributed by atoms with Crippen LogP contribution in [0.4, 0.5) is 5.69 Å². The van der Waals surface area contributed by atoms with Gasteiger partial charge in [-0.15, -0.1) is 0 Å². The highest BCUT2D eigenvalue weighted by atomic mass is 32.1. The fraction of sp³-hybridized carbons (Fsp3) is 0.222. The predicted octanol–water partition coefficient (Wildman–Crippen LogP) is 8.64. The Kier molecular flexibility index (Phi) is 7.56. The van der Waals surface area contributed by atoms with Crippen LogP contribution in [-0.4, -0.2) is 14.7 Å². The molecule has 0 aliphatic carbocycles. The topological polar surface area (TPSA) is 42.3 Å². The summed E-state index contributed by atoms with van der Waals surface area (Å²) < 4.78 is 8.61. The molecule has 1 N–H and O–H groups in total. The van der Waals surface area contributed by atoms with Crippen molar-refractivity contribution in [1.29, 1.82) is 0 Å². The highest BCUT2D eigenvalue weighted by Crippen LogP contribution is 2.44. The van der Waals surface area contributed by atoms with Gasteiger partial charge in [0, 0.05) is 23.3 Å². The van der Waals surface area contributed by atoms with E-state index in [0.29, 0.717) is 5.11 Å². The van der Waals surface area contributed by atoms with Crippen molar-refractivity contribution >= 4 is 23.0 Å². The van der Waals surface area contributed by atoms with E-state index in [2.05, 4.69) is 97.9 Å². The molecule has 0 spiro atoms. The average molecular weight is 573 g/mol. The van der Waals surface area contributed by atoms with Crippen molar-refractivity contribution in [2.45, 2.75) is 53.1 Å². The third kappa shape index (κ3) is 4.96. The van der Waals surface area contributed by atoms with E-state index in [-0.39, 0.29) is 12.1 Å². The van der Waals surface area contributed by atoms with Gasteiger partial charge >= 0.3 is 0 Å². The number of hydrogen-bond acceptors (Lipinski definition) is 3. The molecule has 5 nitrogen and oxygen atoms in total. The molecule has 0 saturated carbocycles. The lowest BCUT2D eigenvalue weighted by Gasteiger charge is -2.28. The molecule has 0 bridgehead atoms. The van der Waals surface area contributed by atoms with E-state index in [0.717, 1.165) is 34.9 Å². The second-order valence-electron chi connectivity index (χ2n) is 11.0. The fourth-order valence-corrected chi connectivity index (χ4v) is 6.52. The summed E-state index contributed by atoms with van der Waals surface area (Å²) in [7, 11) is 0. The van der Waals surface area contributed by atoms with Gasteiger partial charge in [-0.1, -0.05) is 49.4 Å². The van der Waals surface area contributed by atoms with Crippen LogP contribution in [0.2, 0.25) is 0 Å². The highest BCUT2D eigenvalue weighted by Gasteiger charge is 2.42. The van der Waals surface area contributed by atoms with E-state index in [1.165, 1.54) is 33.8 Å². The number of rotatable bonds is 7. The van der Waals surface area contributed by atoms with Gasteiger partial charge < -0.3 is 19.5 Å². The molecule has 6 rings (SSSR count). The molecule has 0 radical (unpaired) electrons. The molecular weight excluding hydrogens is 536 g/mol. The summed E-state index contributed by atoms with van der Waals surface area (Å²) in [6.45, 7) is 10.9. The maximum atomic E-state index is 6.20. The maximum Gasteiger partial charge on any atom is 0.174 e.